The fourth-order valence-corrected chi connectivity index (χ4v) is 3.11. The van der Waals surface area contributed by atoms with Gasteiger partial charge in [0.2, 0.25) is 0 Å². The van der Waals surface area contributed by atoms with Crippen molar-refractivity contribution in [2.75, 3.05) is 13.1 Å². The van der Waals surface area contributed by atoms with Crippen LogP contribution in [0.25, 0.3) is 0 Å². The van der Waals surface area contributed by atoms with Crippen LogP contribution < -0.4 is 5.32 Å². The SMILES string of the molecule is CCCNCC1(Cc2c(C)nn(C)c2Cl)CCC1. The molecule has 1 aromatic heterocycles. The second kappa shape index (κ2) is 5.62. The maximum atomic E-state index is 6.34. The molecule has 0 aliphatic heterocycles. The van der Waals surface area contributed by atoms with Gasteiger partial charge in [0.1, 0.15) is 5.15 Å². The minimum absolute atomic E-state index is 0.423. The molecule has 3 nitrogen and oxygen atoms in total. The Morgan fingerprint density at radius 1 is 1.44 bits per heavy atom. The fourth-order valence-electron chi connectivity index (χ4n) is 2.87. The Kier molecular flexibility index (Phi) is 4.33. The summed E-state index contributed by atoms with van der Waals surface area (Å²) < 4.78 is 1.79. The van der Waals surface area contributed by atoms with Crippen LogP contribution in [0.1, 0.15) is 43.9 Å². The number of rotatable bonds is 6. The Bertz CT molecular complexity index is 407. The largest absolute Gasteiger partial charge is 0.316 e. The van der Waals surface area contributed by atoms with Crippen LogP contribution in [0.5, 0.6) is 0 Å². The smallest absolute Gasteiger partial charge is 0.130 e. The van der Waals surface area contributed by atoms with Crippen molar-refractivity contribution in [2.45, 2.75) is 46.0 Å². The zero-order valence-corrected chi connectivity index (χ0v) is 12.5. The van der Waals surface area contributed by atoms with Crippen molar-refractivity contribution >= 4 is 11.6 Å². The second-order valence-electron chi connectivity index (χ2n) is 5.69. The van der Waals surface area contributed by atoms with Gasteiger partial charge in [0.25, 0.3) is 0 Å². The van der Waals surface area contributed by atoms with E-state index in [-0.39, 0.29) is 0 Å². The monoisotopic (exact) mass is 269 g/mol. The summed E-state index contributed by atoms with van der Waals surface area (Å²) in [6, 6.07) is 0. The highest BCUT2D eigenvalue weighted by Crippen LogP contribution is 2.44. The molecule has 4 heteroatoms. The van der Waals surface area contributed by atoms with Crippen LogP contribution in [0.3, 0.4) is 0 Å². The van der Waals surface area contributed by atoms with E-state index in [1.807, 2.05) is 7.05 Å². The topological polar surface area (TPSA) is 29.9 Å². The molecular weight excluding hydrogens is 246 g/mol. The normalized spacial score (nSPS) is 17.8. The molecule has 1 aliphatic carbocycles. The molecule has 1 saturated carbocycles. The summed E-state index contributed by atoms with van der Waals surface area (Å²) in [5.41, 5.74) is 2.76. The van der Waals surface area contributed by atoms with Crippen molar-refractivity contribution in [1.82, 2.24) is 15.1 Å². The van der Waals surface area contributed by atoms with E-state index in [1.54, 1.807) is 4.68 Å². The first-order chi connectivity index (χ1) is 8.58. The molecule has 0 unspecified atom stereocenters. The third-order valence-corrected chi connectivity index (χ3v) is 4.64. The summed E-state index contributed by atoms with van der Waals surface area (Å²) >= 11 is 6.34. The van der Waals surface area contributed by atoms with E-state index in [0.29, 0.717) is 5.41 Å². The predicted molar refractivity (Wildman–Crippen MR) is 76.1 cm³/mol. The molecule has 2 rings (SSSR count). The first-order valence-electron chi connectivity index (χ1n) is 6.97. The van der Waals surface area contributed by atoms with Crippen LogP contribution in [0, 0.1) is 12.3 Å². The molecule has 0 atom stereocenters. The van der Waals surface area contributed by atoms with Crippen LogP contribution in [-0.4, -0.2) is 22.9 Å². The fraction of sp³-hybridized carbons (Fsp3) is 0.786. The lowest BCUT2D eigenvalue weighted by atomic mass is 9.65. The van der Waals surface area contributed by atoms with Crippen molar-refractivity contribution in [3.05, 3.63) is 16.4 Å². The van der Waals surface area contributed by atoms with Gasteiger partial charge in [0, 0.05) is 19.2 Å². The maximum absolute atomic E-state index is 6.34. The third kappa shape index (κ3) is 2.72. The summed E-state index contributed by atoms with van der Waals surface area (Å²) in [5.74, 6) is 0. The van der Waals surface area contributed by atoms with E-state index >= 15 is 0 Å². The van der Waals surface area contributed by atoms with Gasteiger partial charge in [-0.1, -0.05) is 24.9 Å². The van der Waals surface area contributed by atoms with Crippen molar-refractivity contribution in [2.24, 2.45) is 12.5 Å². The summed E-state index contributed by atoms with van der Waals surface area (Å²) in [6.07, 6.45) is 6.25. The molecule has 1 heterocycles. The van der Waals surface area contributed by atoms with Crippen LogP contribution in [0.15, 0.2) is 0 Å². The average molecular weight is 270 g/mol. The lowest BCUT2D eigenvalue weighted by Gasteiger charge is -2.42. The lowest BCUT2D eigenvalue weighted by molar-refractivity contribution is 0.130. The number of hydrogen-bond donors (Lipinski definition) is 1. The van der Waals surface area contributed by atoms with E-state index in [9.17, 15) is 0 Å². The number of nitrogens with one attached hydrogen (secondary N) is 1. The molecule has 0 radical (unpaired) electrons. The molecule has 18 heavy (non-hydrogen) atoms. The molecule has 0 aromatic carbocycles. The zero-order valence-electron chi connectivity index (χ0n) is 11.7. The first kappa shape index (κ1) is 13.9. The number of hydrogen-bond acceptors (Lipinski definition) is 2. The van der Waals surface area contributed by atoms with Gasteiger partial charge in [-0.3, -0.25) is 4.68 Å². The van der Waals surface area contributed by atoms with E-state index < -0.39 is 0 Å². The minimum atomic E-state index is 0.423. The molecule has 1 aromatic rings. The van der Waals surface area contributed by atoms with Gasteiger partial charge in [-0.15, -0.1) is 0 Å². The van der Waals surface area contributed by atoms with Crippen LogP contribution in [-0.2, 0) is 13.5 Å². The standard InChI is InChI=1S/C14H24ClN3/c1-4-8-16-10-14(6-5-7-14)9-12-11(2)17-18(3)13(12)15/h16H,4-10H2,1-3H3. The Morgan fingerprint density at radius 3 is 2.61 bits per heavy atom. The average Bonchev–Trinajstić information content (AvgIpc) is 2.52. The number of aryl methyl sites for hydroxylation is 2. The Balaban J connectivity index is 2.05. The number of aromatic nitrogens is 2. The highest BCUT2D eigenvalue weighted by molar-refractivity contribution is 6.30. The Morgan fingerprint density at radius 2 is 2.17 bits per heavy atom. The first-order valence-corrected chi connectivity index (χ1v) is 7.34. The second-order valence-corrected chi connectivity index (χ2v) is 6.04. The van der Waals surface area contributed by atoms with Gasteiger partial charge >= 0.3 is 0 Å². The lowest BCUT2D eigenvalue weighted by Crippen LogP contribution is -2.42. The third-order valence-electron chi connectivity index (χ3n) is 4.16. The van der Waals surface area contributed by atoms with Crippen LogP contribution in [0.2, 0.25) is 5.15 Å². The molecule has 1 N–H and O–H groups in total. The van der Waals surface area contributed by atoms with Crippen molar-refractivity contribution in [3.8, 4) is 0 Å². The van der Waals surface area contributed by atoms with Gasteiger partial charge in [-0.2, -0.15) is 5.10 Å². The molecule has 0 saturated heterocycles. The Labute approximate surface area is 115 Å². The maximum Gasteiger partial charge on any atom is 0.130 e. The number of nitrogens with zero attached hydrogens (tertiary/aromatic N) is 2. The highest BCUT2D eigenvalue weighted by atomic mass is 35.5. The predicted octanol–water partition coefficient (Wildman–Crippen LogP) is 3.09. The van der Waals surface area contributed by atoms with Gasteiger partial charge in [0.15, 0.2) is 0 Å². The van der Waals surface area contributed by atoms with Crippen molar-refractivity contribution in [3.63, 3.8) is 0 Å². The molecule has 0 amide bonds. The van der Waals surface area contributed by atoms with Gasteiger partial charge in [-0.05, 0) is 44.6 Å². The Hall–Kier alpha value is -0.540. The van der Waals surface area contributed by atoms with E-state index in [1.165, 1.54) is 31.2 Å². The van der Waals surface area contributed by atoms with Gasteiger partial charge in [0.05, 0.1) is 5.69 Å². The van der Waals surface area contributed by atoms with Crippen LogP contribution in [0.4, 0.5) is 0 Å². The van der Waals surface area contributed by atoms with Crippen molar-refractivity contribution < 1.29 is 0 Å². The molecule has 0 spiro atoms. The molecule has 0 bridgehead atoms. The zero-order chi connectivity index (χ0) is 13.2. The van der Waals surface area contributed by atoms with Crippen molar-refractivity contribution in [1.29, 1.82) is 0 Å². The van der Waals surface area contributed by atoms with Gasteiger partial charge < -0.3 is 5.32 Å². The highest BCUT2D eigenvalue weighted by Gasteiger charge is 2.38. The van der Waals surface area contributed by atoms with E-state index in [2.05, 4.69) is 24.3 Å². The quantitative estimate of drug-likeness (QED) is 0.805. The molecular formula is C14H24ClN3. The van der Waals surface area contributed by atoms with Gasteiger partial charge in [-0.25, -0.2) is 0 Å². The van der Waals surface area contributed by atoms with E-state index in [4.69, 9.17) is 11.6 Å². The summed E-state index contributed by atoms with van der Waals surface area (Å²) in [5, 5.41) is 8.80. The summed E-state index contributed by atoms with van der Waals surface area (Å²) in [6.45, 7) is 6.50. The number of halogens is 1. The van der Waals surface area contributed by atoms with E-state index in [0.717, 1.165) is 30.4 Å². The molecule has 1 aliphatic rings. The summed E-state index contributed by atoms with van der Waals surface area (Å²) in [7, 11) is 1.92. The molecule has 1 fully saturated rings. The van der Waals surface area contributed by atoms with Crippen LogP contribution >= 0.6 is 11.6 Å². The minimum Gasteiger partial charge on any atom is -0.316 e. The molecule has 102 valence electrons. The summed E-state index contributed by atoms with van der Waals surface area (Å²) in [4.78, 5) is 0.